The molecule has 4 rings (SSSR count). The van der Waals surface area contributed by atoms with E-state index in [9.17, 15) is 9.18 Å². The second kappa shape index (κ2) is 7.22. The summed E-state index contributed by atoms with van der Waals surface area (Å²) in [4.78, 5) is 16.1. The highest BCUT2D eigenvalue weighted by Gasteiger charge is 2.26. The summed E-state index contributed by atoms with van der Waals surface area (Å²) >= 11 is 3.11. The van der Waals surface area contributed by atoms with Gasteiger partial charge in [-0.15, -0.1) is 21.5 Å². The molecule has 1 amide bonds. The van der Waals surface area contributed by atoms with E-state index in [1.165, 1.54) is 46.0 Å². The van der Waals surface area contributed by atoms with Gasteiger partial charge in [0.05, 0.1) is 6.54 Å². The molecule has 26 heavy (non-hydrogen) atoms. The van der Waals surface area contributed by atoms with E-state index >= 15 is 0 Å². The number of amides is 1. The lowest BCUT2D eigenvalue weighted by Gasteiger charge is -2.32. The van der Waals surface area contributed by atoms with Gasteiger partial charge in [0.15, 0.2) is 0 Å². The Morgan fingerprint density at radius 1 is 1.31 bits per heavy atom. The molecule has 1 N–H and O–H groups in total. The number of nitrogens with one attached hydrogen (secondary N) is 1. The number of hydrogen-bond acceptors (Lipinski definition) is 6. The largest absolute Gasteiger partial charge is 0.320 e. The highest BCUT2D eigenvalue weighted by molar-refractivity contribution is 7.13. The summed E-state index contributed by atoms with van der Waals surface area (Å²) in [5, 5.41) is 14.2. The van der Waals surface area contributed by atoms with Crippen LogP contribution >= 0.6 is 22.7 Å². The van der Waals surface area contributed by atoms with Crippen LogP contribution in [0.15, 0.2) is 35.7 Å². The van der Waals surface area contributed by atoms with Gasteiger partial charge in [0.1, 0.15) is 10.8 Å². The average Bonchev–Trinajstić information content (AvgIpc) is 3.29. The third-order valence-electron chi connectivity index (χ3n) is 4.51. The van der Waals surface area contributed by atoms with E-state index < -0.39 is 0 Å². The number of nitrogens with zero attached hydrogens (tertiary/aromatic N) is 3. The maximum atomic E-state index is 12.9. The van der Waals surface area contributed by atoms with Gasteiger partial charge in [0, 0.05) is 23.2 Å². The number of rotatable bonds is 4. The molecular formula is C18H17FN4OS2. The molecule has 8 heteroatoms. The van der Waals surface area contributed by atoms with E-state index in [0.29, 0.717) is 23.3 Å². The molecule has 0 aliphatic carbocycles. The van der Waals surface area contributed by atoms with E-state index in [-0.39, 0.29) is 11.7 Å². The van der Waals surface area contributed by atoms with E-state index in [0.717, 1.165) is 18.0 Å². The topological polar surface area (TPSA) is 58.1 Å². The highest BCUT2D eigenvalue weighted by atomic mass is 32.1. The Kier molecular flexibility index (Phi) is 4.80. The predicted molar refractivity (Wildman–Crippen MR) is 101 cm³/mol. The van der Waals surface area contributed by atoms with Gasteiger partial charge in [-0.2, -0.15) is 0 Å². The van der Waals surface area contributed by atoms with Crippen LogP contribution in [0.3, 0.4) is 0 Å². The summed E-state index contributed by atoms with van der Waals surface area (Å²) in [6.45, 7) is 3.86. The van der Waals surface area contributed by atoms with Crippen LogP contribution in [0.4, 0.5) is 10.1 Å². The molecule has 1 aliphatic rings. The van der Waals surface area contributed by atoms with Gasteiger partial charge in [0.2, 0.25) is 5.01 Å². The Bertz CT molecular complexity index is 921. The average molecular weight is 388 g/mol. The lowest BCUT2D eigenvalue weighted by molar-refractivity contribution is 0.102. The molecule has 0 bridgehead atoms. The molecule has 3 aromatic rings. The van der Waals surface area contributed by atoms with Crippen LogP contribution < -0.4 is 5.32 Å². The number of carbonyl (C=O) groups is 1. The summed E-state index contributed by atoms with van der Waals surface area (Å²) in [6.07, 6.45) is 1.05. The molecule has 5 nitrogen and oxygen atoms in total. The number of aromatic nitrogens is 2. The van der Waals surface area contributed by atoms with E-state index in [4.69, 9.17) is 0 Å². The van der Waals surface area contributed by atoms with Gasteiger partial charge in [-0.1, -0.05) is 11.3 Å². The van der Waals surface area contributed by atoms with Crippen molar-refractivity contribution in [2.45, 2.75) is 25.9 Å². The number of benzene rings is 1. The standard InChI is InChI=1S/C18H17FN4OS2/c1-11-14-7-9-25-15(14)6-8-23(11)10-16-21-22-18(26-16)17(24)20-13-4-2-12(19)3-5-13/h2-5,7,9,11H,6,8,10H2,1H3,(H,20,24). The minimum atomic E-state index is -0.342. The van der Waals surface area contributed by atoms with Crippen molar-refractivity contribution in [1.82, 2.24) is 15.1 Å². The molecule has 2 aromatic heterocycles. The molecule has 1 atom stereocenters. The molecule has 0 spiro atoms. The predicted octanol–water partition coefficient (Wildman–Crippen LogP) is 4.11. The number of fused-ring (bicyclic) bond motifs is 1. The monoisotopic (exact) mass is 388 g/mol. The molecule has 0 saturated carbocycles. The number of anilines is 1. The zero-order chi connectivity index (χ0) is 18.1. The zero-order valence-electron chi connectivity index (χ0n) is 14.1. The van der Waals surface area contributed by atoms with Crippen molar-refractivity contribution >= 4 is 34.3 Å². The summed E-state index contributed by atoms with van der Waals surface area (Å²) in [5.74, 6) is -0.669. The first-order chi connectivity index (χ1) is 12.6. The van der Waals surface area contributed by atoms with Crippen LogP contribution in [0.2, 0.25) is 0 Å². The van der Waals surface area contributed by atoms with Crippen molar-refractivity contribution < 1.29 is 9.18 Å². The van der Waals surface area contributed by atoms with Crippen LogP contribution in [-0.4, -0.2) is 27.5 Å². The van der Waals surface area contributed by atoms with Gasteiger partial charge >= 0.3 is 0 Å². The van der Waals surface area contributed by atoms with E-state index in [1.807, 2.05) is 11.3 Å². The number of hydrogen-bond donors (Lipinski definition) is 1. The van der Waals surface area contributed by atoms with Crippen molar-refractivity contribution in [2.24, 2.45) is 0 Å². The van der Waals surface area contributed by atoms with Gasteiger partial charge < -0.3 is 5.32 Å². The van der Waals surface area contributed by atoms with Crippen LogP contribution in [0.5, 0.6) is 0 Å². The molecule has 3 heterocycles. The second-order valence-electron chi connectivity index (χ2n) is 6.16. The maximum absolute atomic E-state index is 12.9. The van der Waals surface area contributed by atoms with Gasteiger partial charge in [-0.3, -0.25) is 9.69 Å². The molecule has 1 unspecified atom stereocenters. The number of carbonyl (C=O) groups excluding carboxylic acids is 1. The number of thiophene rings is 1. The molecule has 1 aromatic carbocycles. The van der Waals surface area contributed by atoms with E-state index in [2.05, 4.69) is 38.8 Å². The first-order valence-corrected chi connectivity index (χ1v) is 9.99. The Hall–Kier alpha value is -2.16. The molecule has 0 saturated heterocycles. The molecule has 1 aliphatic heterocycles. The minimum Gasteiger partial charge on any atom is -0.320 e. The lowest BCUT2D eigenvalue weighted by atomic mass is 10.0. The van der Waals surface area contributed by atoms with Crippen molar-refractivity contribution in [1.29, 1.82) is 0 Å². The normalized spacial score (nSPS) is 17.1. The Balaban J connectivity index is 1.42. The summed E-state index contributed by atoms with van der Waals surface area (Å²) < 4.78 is 12.9. The zero-order valence-corrected chi connectivity index (χ0v) is 15.7. The van der Waals surface area contributed by atoms with Crippen LogP contribution in [0, 0.1) is 5.82 Å². The van der Waals surface area contributed by atoms with Crippen LogP contribution in [-0.2, 0) is 13.0 Å². The molecule has 134 valence electrons. The van der Waals surface area contributed by atoms with Crippen molar-refractivity contribution in [2.75, 3.05) is 11.9 Å². The maximum Gasteiger partial charge on any atom is 0.286 e. The fraction of sp³-hybridized carbons (Fsp3) is 0.278. The SMILES string of the molecule is CC1c2ccsc2CCN1Cc1nnc(C(=O)Nc2ccc(F)cc2)s1. The summed E-state index contributed by atoms with van der Waals surface area (Å²) in [6, 6.07) is 8.17. The molecule has 0 radical (unpaired) electrons. The van der Waals surface area contributed by atoms with Crippen LogP contribution in [0.25, 0.3) is 0 Å². The third kappa shape index (κ3) is 3.53. The number of halogens is 1. The highest BCUT2D eigenvalue weighted by Crippen LogP contribution is 2.33. The third-order valence-corrected chi connectivity index (χ3v) is 6.41. The lowest BCUT2D eigenvalue weighted by Crippen LogP contribution is -2.32. The fourth-order valence-corrected chi connectivity index (χ4v) is 4.80. The molecular weight excluding hydrogens is 371 g/mol. The van der Waals surface area contributed by atoms with Crippen molar-refractivity contribution in [3.8, 4) is 0 Å². The Morgan fingerprint density at radius 2 is 2.12 bits per heavy atom. The minimum absolute atomic E-state index is 0.310. The van der Waals surface area contributed by atoms with Gasteiger partial charge in [-0.05, 0) is 54.6 Å². The van der Waals surface area contributed by atoms with Gasteiger partial charge in [0.25, 0.3) is 5.91 Å². The van der Waals surface area contributed by atoms with Crippen molar-refractivity contribution in [3.05, 3.63) is 62.0 Å². The summed E-state index contributed by atoms with van der Waals surface area (Å²) in [5.41, 5.74) is 1.92. The van der Waals surface area contributed by atoms with Crippen LogP contribution in [0.1, 0.15) is 38.2 Å². The fourth-order valence-electron chi connectivity index (χ4n) is 3.08. The van der Waals surface area contributed by atoms with Gasteiger partial charge in [-0.25, -0.2) is 4.39 Å². The first kappa shape index (κ1) is 17.3. The smallest absolute Gasteiger partial charge is 0.286 e. The van der Waals surface area contributed by atoms with E-state index in [1.54, 1.807) is 0 Å². The summed E-state index contributed by atoms with van der Waals surface area (Å²) in [7, 11) is 0. The van der Waals surface area contributed by atoms with Crippen molar-refractivity contribution in [3.63, 3.8) is 0 Å². The quantitative estimate of drug-likeness (QED) is 0.731. The second-order valence-corrected chi connectivity index (χ2v) is 8.22. The first-order valence-electron chi connectivity index (χ1n) is 8.30. The Labute approximate surface area is 158 Å². The molecule has 0 fully saturated rings. The Morgan fingerprint density at radius 3 is 2.92 bits per heavy atom.